The lowest BCUT2D eigenvalue weighted by atomic mass is 9.74. The number of aromatic hydroxyl groups is 1. The van der Waals surface area contributed by atoms with Gasteiger partial charge in [-0.05, 0) is 104 Å². The fourth-order valence-electron chi connectivity index (χ4n) is 11.2. The first kappa shape index (κ1) is 43.9. The quantitative estimate of drug-likeness (QED) is 0.165. The van der Waals surface area contributed by atoms with E-state index in [0.717, 1.165) is 90.0 Å². The minimum atomic E-state index is -1.06. The van der Waals surface area contributed by atoms with Crippen molar-refractivity contribution in [3.05, 3.63) is 96.6 Å². The van der Waals surface area contributed by atoms with Gasteiger partial charge in [0.05, 0.1) is 17.7 Å². The summed E-state index contributed by atoms with van der Waals surface area (Å²) in [6.45, 7) is 14.5. The lowest BCUT2D eigenvalue weighted by molar-refractivity contribution is -0.146. The van der Waals surface area contributed by atoms with E-state index < -0.39 is 23.9 Å². The van der Waals surface area contributed by atoms with Crippen molar-refractivity contribution in [3.8, 4) is 28.1 Å². The van der Waals surface area contributed by atoms with Crippen molar-refractivity contribution in [2.45, 2.75) is 109 Å². The SMILES string of the molecule is C=CC(=O)N1CCC(C(=O)N(C)[C@H](C(=O)N[C@H]2Cc3cc(O)cc(c3)-c3ccc4c(c3)c(c(-c3cncnc3)n4CC)CC3(C)CCCn4c3cnc4[C@@H]3CCCN(N3)C2=O)C(C)C)C1. The van der Waals surface area contributed by atoms with Gasteiger partial charge in [-0.25, -0.2) is 20.4 Å². The fourth-order valence-corrected chi connectivity index (χ4v) is 11.2. The number of likely N-dealkylation sites (tertiary alicyclic amines) is 1. The second kappa shape index (κ2) is 17.6. The number of hydrogen-bond donors (Lipinski definition) is 3. The summed E-state index contributed by atoms with van der Waals surface area (Å²) in [4.78, 5) is 73.0. The van der Waals surface area contributed by atoms with Crippen molar-refractivity contribution >= 4 is 34.5 Å². The Kier molecular flexibility index (Phi) is 11.9. The van der Waals surface area contributed by atoms with Crippen LogP contribution in [0, 0.1) is 11.8 Å². The highest BCUT2D eigenvalue weighted by Crippen LogP contribution is 2.45. The minimum absolute atomic E-state index is 0.0384. The molecule has 0 aliphatic carbocycles. The van der Waals surface area contributed by atoms with Crippen LogP contribution in [0.5, 0.6) is 5.75 Å². The van der Waals surface area contributed by atoms with Gasteiger partial charge in [0.2, 0.25) is 17.7 Å². The third-order valence-electron chi connectivity index (χ3n) is 14.3. The van der Waals surface area contributed by atoms with Crippen LogP contribution in [-0.2, 0) is 50.5 Å². The first-order valence-corrected chi connectivity index (χ1v) is 23.1. The molecular formula is C50H60N10O5. The van der Waals surface area contributed by atoms with E-state index in [1.807, 2.05) is 38.5 Å². The van der Waals surface area contributed by atoms with Crippen LogP contribution in [0.25, 0.3) is 33.3 Å². The second-order valence-electron chi connectivity index (χ2n) is 19.0. The molecule has 9 rings (SSSR count). The molecule has 0 spiro atoms. The van der Waals surface area contributed by atoms with E-state index in [0.29, 0.717) is 25.1 Å². The van der Waals surface area contributed by atoms with Crippen LogP contribution in [0.1, 0.15) is 88.5 Å². The van der Waals surface area contributed by atoms with Gasteiger partial charge in [0.25, 0.3) is 5.91 Å². The van der Waals surface area contributed by atoms with Gasteiger partial charge in [-0.2, -0.15) is 0 Å². The average Bonchev–Trinajstić information content (AvgIpc) is 4.05. The molecule has 3 N–H and O–H groups in total. The van der Waals surface area contributed by atoms with E-state index >= 15 is 0 Å². The molecule has 2 aromatic carbocycles. The molecule has 5 atom stereocenters. The summed E-state index contributed by atoms with van der Waals surface area (Å²) in [7, 11) is 1.62. The second-order valence-corrected chi connectivity index (χ2v) is 19.0. The van der Waals surface area contributed by atoms with Crippen LogP contribution in [0.2, 0.25) is 0 Å². The number of hydrazine groups is 1. The Morgan fingerprint density at radius 3 is 2.58 bits per heavy atom. The number of aromatic nitrogens is 5. The predicted octanol–water partition coefficient (Wildman–Crippen LogP) is 5.71. The van der Waals surface area contributed by atoms with Gasteiger partial charge in [-0.3, -0.25) is 24.2 Å². The number of benzene rings is 2. The summed E-state index contributed by atoms with van der Waals surface area (Å²) in [6.07, 6.45) is 13.3. The maximum atomic E-state index is 15.0. The summed E-state index contributed by atoms with van der Waals surface area (Å²) in [5.74, 6) is -1.07. The van der Waals surface area contributed by atoms with Crippen LogP contribution in [0.3, 0.4) is 0 Å². The highest BCUT2D eigenvalue weighted by molar-refractivity contribution is 5.96. The molecule has 2 unspecified atom stereocenters. The van der Waals surface area contributed by atoms with Gasteiger partial charge in [0.1, 0.15) is 30.0 Å². The van der Waals surface area contributed by atoms with Crippen molar-refractivity contribution in [1.29, 1.82) is 0 Å². The standard InChI is InChI=1S/C50H60N10O5/c1-7-43(62)57-18-14-33(28-57)48(64)56(6)44(30(3)4)47(63)54-40-21-31-19-34(22-36(61)20-31)32-12-13-41-37(23-32)38(45(58(41)8-2)35-25-51-29-52-26-35)24-50(5)15-10-16-59-42(50)27-53-46(59)39-11-9-17-60(55-39)49(40)65/h7,12-13,19-20,22-23,25-27,29-30,33,39-40,44,55,61H,1,8-11,14-18,21,24,28H2,2-6H3,(H,54,63)/t33?,39-,40-,44-,50?/m0/s1. The zero-order valence-corrected chi connectivity index (χ0v) is 38.1. The fraction of sp³-hybridized carbons (Fsp3) is 0.460. The number of likely N-dealkylation sites (N-methyl/N-ethyl adjacent to an activating group) is 1. The number of aryl methyl sites for hydroxylation is 1. The van der Waals surface area contributed by atoms with E-state index in [9.17, 15) is 24.3 Å². The van der Waals surface area contributed by atoms with Gasteiger partial charge < -0.3 is 29.4 Å². The normalized spacial score (nSPS) is 22.4. The van der Waals surface area contributed by atoms with Crippen molar-refractivity contribution in [2.24, 2.45) is 11.8 Å². The average molecular weight is 881 g/mol. The molecule has 65 heavy (non-hydrogen) atoms. The Labute approximate surface area is 379 Å². The third kappa shape index (κ3) is 8.08. The van der Waals surface area contributed by atoms with Crippen molar-refractivity contribution in [3.63, 3.8) is 0 Å². The van der Waals surface area contributed by atoms with Crippen LogP contribution >= 0.6 is 0 Å². The molecule has 15 heteroatoms. The molecule has 340 valence electrons. The molecule has 10 bridgehead atoms. The van der Waals surface area contributed by atoms with E-state index in [2.05, 4.69) is 68.5 Å². The largest absolute Gasteiger partial charge is 0.508 e. The van der Waals surface area contributed by atoms with Gasteiger partial charge in [0.15, 0.2) is 0 Å². The Bertz CT molecular complexity index is 2670. The molecule has 2 fully saturated rings. The Morgan fingerprint density at radius 1 is 1.03 bits per heavy atom. The molecule has 15 nitrogen and oxygen atoms in total. The van der Waals surface area contributed by atoms with Gasteiger partial charge in [0, 0.05) is 92.4 Å². The Hall–Kier alpha value is -6.35. The summed E-state index contributed by atoms with van der Waals surface area (Å²) >= 11 is 0. The van der Waals surface area contributed by atoms with Crippen LogP contribution in [-0.4, -0.2) is 106 Å². The van der Waals surface area contributed by atoms with Gasteiger partial charge in [-0.15, -0.1) is 0 Å². The number of amides is 4. The molecule has 4 amide bonds. The monoisotopic (exact) mass is 880 g/mol. The van der Waals surface area contributed by atoms with E-state index in [1.54, 1.807) is 35.4 Å². The number of hydrogen-bond acceptors (Lipinski definition) is 9. The zero-order valence-electron chi connectivity index (χ0n) is 38.1. The van der Waals surface area contributed by atoms with Gasteiger partial charge in [-0.1, -0.05) is 39.5 Å². The Balaban J connectivity index is 1.14. The predicted molar refractivity (Wildman–Crippen MR) is 247 cm³/mol. The lowest BCUT2D eigenvalue weighted by Crippen LogP contribution is -2.60. The summed E-state index contributed by atoms with van der Waals surface area (Å²) in [5, 5.41) is 17.2. The number of fused-ring (bicyclic) bond motifs is 7. The molecule has 4 aliphatic heterocycles. The lowest BCUT2D eigenvalue weighted by Gasteiger charge is -2.39. The molecule has 7 heterocycles. The maximum Gasteiger partial charge on any atom is 0.259 e. The minimum Gasteiger partial charge on any atom is -0.508 e. The van der Waals surface area contributed by atoms with Crippen molar-refractivity contribution in [2.75, 3.05) is 26.7 Å². The molecule has 5 aromatic rings. The molecule has 4 aliphatic rings. The first-order chi connectivity index (χ1) is 31.3. The summed E-state index contributed by atoms with van der Waals surface area (Å²) in [6, 6.07) is 9.59. The molecule has 0 radical (unpaired) electrons. The van der Waals surface area contributed by atoms with E-state index in [1.165, 1.54) is 16.5 Å². The molecular weight excluding hydrogens is 821 g/mol. The Morgan fingerprint density at radius 2 is 1.83 bits per heavy atom. The smallest absolute Gasteiger partial charge is 0.259 e. The van der Waals surface area contributed by atoms with Gasteiger partial charge >= 0.3 is 0 Å². The highest BCUT2D eigenvalue weighted by Gasteiger charge is 2.41. The van der Waals surface area contributed by atoms with Crippen LogP contribution in [0.4, 0.5) is 0 Å². The topological polar surface area (TPSA) is 171 Å². The molecule has 2 saturated heterocycles. The highest BCUT2D eigenvalue weighted by atomic mass is 16.3. The third-order valence-corrected chi connectivity index (χ3v) is 14.3. The van der Waals surface area contributed by atoms with E-state index in [-0.39, 0.29) is 53.8 Å². The number of rotatable bonds is 8. The number of phenols is 1. The number of imidazole rings is 1. The zero-order chi connectivity index (χ0) is 45.7. The summed E-state index contributed by atoms with van der Waals surface area (Å²) < 4.78 is 4.71. The number of nitrogens with zero attached hydrogens (tertiary/aromatic N) is 8. The number of carbonyl (C=O) groups excluding carboxylic acids is 4. The number of carbonyl (C=O) groups is 4. The summed E-state index contributed by atoms with van der Waals surface area (Å²) in [5.41, 5.74) is 11.1. The van der Waals surface area contributed by atoms with Crippen LogP contribution in [0.15, 0.2) is 74.0 Å². The van der Waals surface area contributed by atoms with Crippen molar-refractivity contribution < 1.29 is 24.3 Å². The molecule has 3 aromatic heterocycles. The van der Waals surface area contributed by atoms with E-state index in [4.69, 9.17) is 4.98 Å². The molecule has 0 saturated carbocycles. The van der Waals surface area contributed by atoms with Crippen molar-refractivity contribution in [1.82, 2.24) is 49.6 Å². The number of nitrogens with one attached hydrogen (secondary N) is 2. The van der Waals surface area contributed by atoms with Crippen LogP contribution < -0.4 is 10.7 Å². The number of phenolic OH excluding ortho intramolecular Hbond substituents is 1. The maximum absolute atomic E-state index is 15.0. The first-order valence-electron chi connectivity index (χ1n) is 23.1.